The van der Waals surface area contributed by atoms with Gasteiger partial charge in [0.15, 0.2) is 0 Å². The van der Waals surface area contributed by atoms with E-state index < -0.39 is 10.0 Å². The Balaban J connectivity index is 2.03. The normalized spacial score (nSPS) is 15.9. The molecule has 0 spiro atoms. The van der Waals surface area contributed by atoms with Crippen molar-refractivity contribution in [3.63, 3.8) is 0 Å². The van der Waals surface area contributed by atoms with E-state index in [0.717, 1.165) is 5.56 Å². The van der Waals surface area contributed by atoms with Gasteiger partial charge in [-0.15, -0.1) is 11.3 Å². The lowest BCUT2D eigenvalue weighted by Gasteiger charge is -2.27. The van der Waals surface area contributed by atoms with Crippen molar-refractivity contribution in [1.29, 1.82) is 0 Å². The second kappa shape index (κ2) is 5.44. The van der Waals surface area contributed by atoms with E-state index in [1.54, 1.807) is 11.3 Å². The highest BCUT2D eigenvalue weighted by atomic mass is 35.5. The molecule has 1 aromatic heterocycles. The molecule has 0 atom stereocenters. The van der Waals surface area contributed by atoms with Gasteiger partial charge in [-0.2, -0.15) is 4.31 Å². The van der Waals surface area contributed by atoms with Crippen LogP contribution in [0.25, 0.3) is 0 Å². The lowest BCUT2D eigenvalue weighted by molar-refractivity contribution is 0.394. The SMILES string of the molecule is Nc1cc(Cl)cc(Cl)c1S(=O)(=O)N1CCc2sccc2C1. The minimum atomic E-state index is -3.74. The molecule has 2 heterocycles. The van der Waals surface area contributed by atoms with Gasteiger partial charge in [-0.25, -0.2) is 8.42 Å². The van der Waals surface area contributed by atoms with Crippen LogP contribution in [0.15, 0.2) is 28.5 Å². The average molecular weight is 363 g/mol. The van der Waals surface area contributed by atoms with Gasteiger partial charge >= 0.3 is 0 Å². The van der Waals surface area contributed by atoms with Crippen molar-refractivity contribution >= 4 is 50.2 Å². The van der Waals surface area contributed by atoms with E-state index in [2.05, 4.69) is 0 Å². The third-order valence-electron chi connectivity index (χ3n) is 3.41. The first-order valence-electron chi connectivity index (χ1n) is 6.19. The van der Waals surface area contributed by atoms with E-state index >= 15 is 0 Å². The second-order valence-electron chi connectivity index (χ2n) is 4.76. The monoisotopic (exact) mass is 362 g/mol. The van der Waals surface area contributed by atoms with E-state index in [1.165, 1.54) is 21.3 Å². The Labute approximate surface area is 137 Å². The largest absolute Gasteiger partial charge is 0.398 e. The fraction of sp³-hybridized carbons (Fsp3) is 0.231. The van der Waals surface area contributed by atoms with Crippen LogP contribution in [0.2, 0.25) is 10.0 Å². The van der Waals surface area contributed by atoms with Crippen molar-refractivity contribution in [2.45, 2.75) is 17.9 Å². The van der Waals surface area contributed by atoms with Crippen LogP contribution in [0, 0.1) is 0 Å². The maximum atomic E-state index is 12.8. The number of rotatable bonds is 2. The predicted molar refractivity (Wildman–Crippen MR) is 86.5 cm³/mol. The van der Waals surface area contributed by atoms with E-state index in [-0.39, 0.29) is 15.6 Å². The number of anilines is 1. The minimum Gasteiger partial charge on any atom is -0.398 e. The van der Waals surface area contributed by atoms with Gasteiger partial charge in [0.05, 0.1) is 10.7 Å². The fourth-order valence-electron chi connectivity index (χ4n) is 2.41. The standard InChI is InChI=1S/C13H12Cl2N2O2S2/c14-9-5-10(15)13(11(16)6-9)21(18,19)17-3-1-12-8(7-17)2-4-20-12/h2,4-6H,1,3,7,16H2. The number of nitrogen functional groups attached to an aromatic ring is 1. The van der Waals surface area contributed by atoms with Crippen LogP contribution < -0.4 is 5.73 Å². The van der Waals surface area contributed by atoms with Crippen molar-refractivity contribution in [2.24, 2.45) is 0 Å². The predicted octanol–water partition coefficient (Wildman–Crippen LogP) is 3.38. The number of hydrogen-bond acceptors (Lipinski definition) is 4. The molecule has 1 aliphatic heterocycles. The van der Waals surface area contributed by atoms with E-state index in [9.17, 15) is 8.42 Å². The quantitative estimate of drug-likeness (QED) is 0.832. The molecule has 0 unspecified atom stereocenters. The molecule has 2 aromatic rings. The lowest BCUT2D eigenvalue weighted by atomic mass is 10.1. The summed E-state index contributed by atoms with van der Waals surface area (Å²) in [5.74, 6) is 0. The maximum absolute atomic E-state index is 12.8. The fourth-order valence-corrected chi connectivity index (χ4v) is 5.66. The molecule has 1 aliphatic rings. The molecule has 4 nitrogen and oxygen atoms in total. The number of benzene rings is 1. The third kappa shape index (κ3) is 2.66. The van der Waals surface area contributed by atoms with Crippen LogP contribution in [0.4, 0.5) is 5.69 Å². The number of sulfonamides is 1. The van der Waals surface area contributed by atoms with Gasteiger partial charge in [0.25, 0.3) is 0 Å². The highest BCUT2D eigenvalue weighted by molar-refractivity contribution is 7.89. The zero-order valence-electron chi connectivity index (χ0n) is 10.8. The molecule has 112 valence electrons. The lowest BCUT2D eigenvalue weighted by Crippen LogP contribution is -2.35. The Morgan fingerprint density at radius 2 is 2.05 bits per heavy atom. The Morgan fingerprint density at radius 1 is 1.29 bits per heavy atom. The average Bonchev–Trinajstić information content (AvgIpc) is 2.83. The van der Waals surface area contributed by atoms with Gasteiger partial charge in [0, 0.05) is 23.0 Å². The Morgan fingerprint density at radius 3 is 2.76 bits per heavy atom. The van der Waals surface area contributed by atoms with Crippen LogP contribution in [0.5, 0.6) is 0 Å². The molecule has 1 aromatic carbocycles. The molecule has 0 bridgehead atoms. The number of fused-ring (bicyclic) bond motifs is 1. The summed E-state index contributed by atoms with van der Waals surface area (Å²) in [6.45, 7) is 0.772. The number of nitrogens with zero attached hydrogens (tertiary/aromatic N) is 1. The highest BCUT2D eigenvalue weighted by Gasteiger charge is 2.32. The molecule has 21 heavy (non-hydrogen) atoms. The van der Waals surface area contributed by atoms with E-state index in [4.69, 9.17) is 28.9 Å². The molecular formula is C13H12Cl2N2O2S2. The van der Waals surface area contributed by atoms with Crippen LogP contribution in [-0.2, 0) is 23.0 Å². The van der Waals surface area contributed by atoms with Gasteiger partial charge in [-0.05, 0) is 35.6 Å². The summed E-state index contributed by atoms with van der Waals surface area (Å²) >= 11 is 13.5. The number of nitrogens with two attached hydrogens (primary N) is 1. The number of halogens is 2. The summed E-state index contributed by atoms with van der Waals surface area (Å²) in [4.78, 5) is 1.17. The van der Waals surface area contributed by atoms with E-state index in [1.807, 2.05) is 11.4 Å². The van der Waals surface area contributed by atoms with Crippen LogP contribution >= 0.6 is 34.5 Å². The molecule has 8 heteroatoms. The van der Waals surface area contributed by atoms with Crippen LogP contribution in [0.1, 0.15) is 10.4 Å². The zero-order chi connectivity index (χ0) is 15.2. The molecular weight excluding hydrogens is 351 g/mol. The Bertz CT molecular complexity index is 779. The van der Waals surface area contributed by atoms with Crippen LogP contribution in [0.3, 0.4) is 0 Å². The van der Waals surface area contributed by atoms with Gasteiger partial charge in [0.2, 0.25) is 10.0 Å². The molecule has 3 rings (SSSR count). The van der Waals surface area contributed by atoms with Crippen molar-refractivity contribution in [3.8, 4) is 0 Å². The van der Waals surface area contributed by atoms with Gasteiger partial charge < -0.3 is 5.73 Å². The Hall–Kier alpha value is -0.790. The molecule has 0 radical (unpaired) electrons. The third-order valence-corrected chi connectivity index (χ3v) is 7.02. The van der Waals surface area contributed by atoms with Crippen molar-refractivity contribution in [3.05, 3.63) is 44.1 Å². The molecule has 0 saturated heterocycles. The second-order valence-corrected chi connectivity index (χ2v) is 8.48. The molecule has 0 amide bonds. The summed E-state index contributed by atoms with van der Waals surface area (Å²) in [7, 11) is -3.74. The topological polar surface area (TPSA) is 63.4 Å². The van der Waals surface area contributed by atoms with Gasteiger partial charge in [-0.3, -0.25) is 0 Å². The molecule has 0 saturated carbocycles. The van der Waals surface area contributed by atoms with E-state index in [0.29, 0.717) is 24.5 Å². The first-order valence-corrected chi connectivity index (χ1v) is 9.27. The molecule has 0 fully saturated rings. The van der Waals surface area contributed by atoms with Crippen molar-refractivity contribution < 1.29 is 8.42 Å². The zero-order valence-corrected chi connectivity index (χ0v) is 14.0. The summed E-state index contributed by atoms with van der Waals surface area (Å²) in [6, 6.07) is 4.75. The molecule has 2 N–H and O–H groups in total. The summed E-state index contributed by atoms with van der Waals surface area (Å²) in [5.41, 5.74) is 6.93. The van der Waals surface area contributed by atoms with Gasteiger partial charge in [0.1, 0.15) is 4.90 Å². The molecule has 0 aliphatic carbocycles. The minimum absolute atomic E-state index is 0.0520. The summed E-state index contributed by atoms with van der Waals surface area (Å²) < 4.78 is 27.0. The first-order chi connectivity index (χ1) is 9.89. The maximum Gasteiger partial charge on any atom is 0.246 e. The smallest absolute Gasteiger partial charge is 0.246 e. The number of thiophene rings is 1. The number of hydrogen-bond donors (Lipinski definition) is 1. The van der Waals surface area contributed by atoms with Crippen molar-refractivity contribution in [1.82, 2.24) is 4.31 Å². The Kier molecular flexibility index (Phi) is 3.92. The van der Waals surface area contributed by atoms with Gasteiger partial charge in [-0.1, -0.05) is 23.2 Å². The summed E-state index contributed by atoms with van der Waals surface area (Å²) in [5, 5.41) is 2.34. The van der Waals surface area contributed by atoms with Crippen LogP contribution in [-0.4, -0.2) is 19.3 Å². The summed E-state index contributed by atoms with van der Waals surface area (Å²) in [6.07, 6.45) is 0.706. The highest BCUT2D eigenvalue weighted by Crippen LogP contribution is 2.35. The van der Waals surface area contributed by atoms with Crippen molar-refractivity contribution in [2.75, 3.05) is 12.3 Å². The first kappa shape index (κ1) is 15.1.